The topological polar surface area (TPSA) is 56.1 Å². The Balaban J connectivity index is 1.66. The van der Waals surface area contributed by atoms with E-state index < -0.39 is 0 Å². The SMILES string of the molecule is Cc1nn(COc2cccc(F)c2)c(C)c1NC(=O)Cc1ccc(Cl)cc1. The van der Waals surface area contributed by atoms with E-state index in [9.17, 15) is 9.18 Å². The zero-order valence-corrected chi connectivity index (χ0v) is 15.8. The molecular weight excluding hydrogens is 369 g/mol. The second-order valence-electron chi connectivity index (χ2n) is 6.13. The molecule has 27 heavy (non-hydrogen) atoms. The van der Waals surface area contributed by atoms with Crippen molar-refractivity contribution in [3.63, 3.8) is 0 Å². The van der Waals surface area contributed by atoms with E-state index in [4.69, 9.17) is 16.3 Å². The van der Waals surface area contributed by atoms with Crippen LogP contribution in [0.25, 0.3) is 0 Å². The molecule has 0 aliphatic carbocycles. The average Bonchev–Trinajstić information content (AvgIpc) is 2.89. The molecule has 5 nitrogen and oxygen atoms in total. The number of halogens is 2. The van der Waals surface area contributed by atoms with E-state index >= 15 is 0 Å². The first kappa shape index (κ1) is 18.9. The van der Waals surface area contributed by atoms with E-state index in [0.29, 0.717) is 22.2 Å². The van der Waals surface area contributed by atoms with Crippen LogP contribution in [0.4, 0.5) is 10.1 Å². The number of hydrogen-bond donors (Lipinski definition) is 1. The van der Waals surface area contributed by atoms with Gasteiger partial charge in [0.05, 0.1) is 23.5 Å². The van der Waals surface area contributed by atoms with E-state index in [-0.39, 0.29) is 24.9 Å². The third-order valence-electron chi connectivity index (χ3n) is 4.07. The van der Waals surface area contributed by atoms with E-state index in [1.165, 1.54) is 12.1 Å². The van der Waals surface area contributed by atoms with Crippen LogP contribution in [0.3, 0.4) is 0 Å². The predicted octanol–water partition coefficient (Wildman–Crippen LogP) is 4.51. The van der Waals surface area contributed by atoms with E-state index in [1.807, 2.05) is 26.0 Å². The maximum Gasteiger partial charge on any atom is 0.228 e. The van der Waals surface area contributed by atoms with Crippen LogP contribution in [0.15, 0.2) is 48.5 Å². The molecule has 0 aliphatic heterocycles. The van der Waals surface area contributed by atoms with Crippen molar-refractivity contribution in [2.45, 2.75) is 27.0 Å². The summed E-state index contributed by atoms with van der Waals surface area (Å²) in [5, 5.41) is 7.91. The number of carbonyl (C=O) groups is 1. The van der Waals surface area contributed by atoms with Crippen LogP contribution in [0.5, 0.6) is 5.75 Å². The van der Waals surface area contributed by atoms with Crippen molar-refractivity contribution in [1.82, 2.24) is 9.78 Å². The Bertz CT molecular complexity index is 954. The smallest absolute Gasteiger partial charge is 0.228 e. The summed E-state index contributed by atoms with van der Waals surface area (Å²) in [6.45, 7) is 3.76. The Labute approximate surface area is 161 Å². The fourth-order valence-electron chi connectivity index (χ4n) is 2.67. The molecule has 1 amide bonds. The molecule has 0 bridgehead atoms. The van der Waals surface area contributed by atoms with Crippen molar-refractivity contribution in [2.24, 2.45) is 0 Å². The number of anilines is 1. The van der Waals surface area contributed by atoms with E-state index in [1.54, 1.807) is 28.9 Å². The fraction of sp³-hybridized carbons (Fsp3) is 0.200. The Hall–Kier alpha value is -2.86. The molecule has 3 rings (SSSR count). The highest BCUT2D eigenvalue weighted by molar-refractivity contribution is 6.30. The molecule has 2 aromatic carbocycles. The van der Waals surface area contributed by atoms with Crippen LogP contribution in [-0.4, -0.2) is 15.7 Å². The molecule has 0 atom stereocenters. The molecule has 0 unspecified atom stereocenters. The highest BCUT2D eigenvalue weighted by Crippen LogP contribution is 2.21. The third-order valence-corrected chi connectivity index (χ3v) is 4.33. The Morgan fingerprint density at radius 3 is 2.67 bits per heavy atom. The number of benzene rings is 2. The minimum absolute atomic E-state index is 0.114. The zero-order valence-electron chi connectivity index (χ0n) is 15.0. The summed E-state index contributed by atoms with van der Waals surface area (Å²) in [7, 11) is 0. The molecular formula is C20H19ClFN3O2. The number of nitrogens with zero attached hydrogens (tertiary/aromatic N) is 2. The number of carbonyl (C=O) groups excluding carboxylic acids is 1. The maximum atomic E-state index is 13.2. The number of amides is 1. The van der Waals surface area contributed by atoms with Gasteiger partial charge in [0.25, 0.3) is 0 Å². The van der Waals surface area contributed by atoms with Gasteiger partial charge in [-0.15, -0.1) is 0 Å². The molecule has 0 radical (unpaired) electrons. The van der Waals surface area contributed by atoms with Crippen molar-refractivity contribution < 1.29 is 13.9 Å². The van der Waals surface area contributed by atoms with Crippen LogP contribution in [0.2, 0.25) is 5.02 Å². The number of ether oxygens (including phenoxy) is 1. The fourth-order valence-corrected chi connectivity index (χ4v) is 2.79. The van der Waals surface area contributed by atoms with Gasteiger partial charge in [0.1, 0.15) is 11.6 Å². The highest BCUT2D eigenvalue weighted by Gasteiger charge is 2.15. The number of rotatable bonds is 6. The van der Waals surface area contributed by atoms with Gasteiger partial charge >= 0.3 is 0 Å². The van der Waals surface area contributed by atoms with Crippen molar-refractivity contribution in [3.8, 4) is 5.75 Å². The molecule has 0 spiro atoms. The van der Waals surface area contributed by atoms with E-state index in [0.717, 1.165) is 11.3 Å². The van der Waals surface area contributed by atoms with Crippen molar-refractivity contribution in [3.05, 3.63) is 76.3 Å². The van der Waals surface area contributed by atoms with Crippen LogP contribution in [0, 0.1) is 19.7 Å². The third kappa shape index (κ3) is 4.86. The second kappa shape index (κ2) is 8.22. The van der Waals surface area contributed by atoms with Crippen molar-refractivity contribution in [1.29, 1.82) is 0 Å². The lowest BCUT2D eigenvalue weighted by Crippen LogP contribution is -2.16. The summed E-state index contributed by atoms with van der Waals surface area (Å²) < 4.78 is 20.4. The lowest BCUT2D eigenvalue weighted by molar-refractivity contribution is -0.115. The van der Waals surface area contributed by atoms with Gasteiger partial charge in [0.2, 0.25) is 5.91 Å². The number of nitrogens with one attached hydrogen (secondary N) is 1. The molecule has 1 heterocycles. The lowest BCUT2D eigenvalue weighted by Gasteiger charge is -2.09. The van der Waals surface area contributed by atoms with Gasteiger partial charge in [-0.3, -0.25) is 4.79 Å². The van der Waals surface area contributed by atoms with Crippen molar-refractivity contribution in [2.75, 3.05) is 5.32 Å². The number of aromatic nitrogens is 2. The number of aryl methyl sites for hydroxylation is 1. The van der Waals surface area contributed by atoms with Crippen LogP contribution in [0.1, 0.15) is 17.0 Å². The van der Waals surface area contributed by atoms with Crippen LogP contribution >= 0.6 is 11.6 Å². The molecule has 0 aliphatic rings. The average molecular weight is 388 g/mol. The first-order chi connectivity index (χ1) is 12.9. The van der Waals surface area contributed by atoms with Gasteiger partial charge in [-0.25, -0.2) is 9.07 Å². The molecule has 7 heteroatoms. The van der Waals surface area contributed by atoms with Crippen LogP contribution < -0.4 is 10.1 Å². The molecule has 3 aromatic rings. The van der Waals surface area contributed by atoms with Crippen LogP contribution in [-0.2, 0) is 17.9 Å². The zero-order chi connectivity index (χ0) is 19.4. The summed E-state index contributed by atoms with van der Waals surface area (Å²) in [4.78, 5) is 12.3. The summed E-state index contributed by atoms with van der Waals surface area (Å²) in [5.41, 5.74) is 2.96. The highest BCUT2D eigenvalue weighted by atomic mass is 35.5. The number of hydrogen-bond acceptors (Lipinski definition) is 3. The second-order valence-corrected chi connectivity index (χ2v) is 6.56. The predicted molar refractivity (Wildman–Crippen MR) is 103 cm³/mol. The molecule has 1 aromatic heterocycles. The maximum absolute atomic E-state index is 13.2. The summed E-state index contributed by atoms with van der Waals surface area (Å²) in [6, 6.07) is 13.0. The summed E-state index contributed by atoms with van der Waals surface area (Å²) >= 11 is 5.86. The Morgan fingerprint density at radius 2 is 1.96 bits per heavy atom. The molecule has 0 saturated carbocycles. The first-order valence-corrected chi connectivity index (χ1v) is 8.77. The summed E-state index contributed by atoms with van der Waals surface area (Å²) in [5.74, 6) is -0.0963. The Kier molecular flexibility index (Phi) is 5.76. The minimum atomic E-state index is -0.365. The lowest BCUT2D eigenvalue weighted by atomic mass is 10.1. The Morgan fingerprint density at radius 1 is 1.22 bits per heavy atom. The van der Waals surface area contributed by atoms with Gasteiger partial charge < -0.3 is 10.1 Å². The first-order valence-electron chi connectivity index (χ1n) is 8.39. The molecule has 0 saturated heterocycles. The monoisotopic (exact) mass is 387 g/mol. The van der Waals surface area contributed by atoms with Gasteiger partial charge in [0, 0.05) is 11.1 Å². The van der Waals surface area contributed by atoms with E-state index in [2.05, 4.69) is 10.4 Å². The quantitative estimate of drug-likeness (QED) is 0.677. The standard InChI is InChI=1S/C20H19ClFN3O2/c1-13-20(23-19(26)10-15-6-8-16(21)9-7-15)14(2)25(24-13)12-27-18-5-3-4-17(22)11-18/h3-9,11H,10,12H2,1-2H3,(H,23,26). The largest absolute Gasteiger partial charge is 0.471 e. The van der Waals surface area contributed by atoms with Gasteiger partial charge in [-0.2, -0.15) is 5.10 Å². The minimum Gasteiger partial charge on any atom is -0.471 e. The van der Waals surface area contributed by atoms with Gasteiger partial charge in [0.15, 0.2) is 6.73 Å². The molecule has 1 N–H and O–H groups in total. The van der Waals surface area contributed by atoms with Crippen molar-refractivity contribution >= 4 is 23.2 Å². The summed E-state index contributed by atoms with van der Waals surface area (Å²) in [6.07, 6.45) is 0.237. The molecule has 0 fully saturated rings. The van der Waals surface area contributed by atoms with Gasteiger partial charge in [-0.1, -0.05) is 29.8 Å². The molecule has 140 valence electrons. The normalized spacial score (nSPS) is 10.7. The van der Waals surface area contributed by atoms with Gasteiger partial charge in [-0.05, 0) is 43.7 Å².